The highest BCUT2D eigenvalue weighted by atomic mass is 35.5. The minimum Gasteiger partial charge on any atom is -0.367 e. The summed E-state index contributed by atoms with van der Waals surface area (Å²) in [4.78, 5) is 7.80. The van der Waals surface area contributed by atoms with E-state index in [2.05, 4.69) is 20.4 Å². The molecule has 0 amide bonds. The number of nitrogens with one attached hydrogen (secondary N) is 1. The lowest BCUT2D eigenvalue weighted by Gasteiger charge is -2.05. The van der Waals surface area contributed by atoms with Crippen molar-refractivity contribution in [2.24, 2.45) is 0 Å². The average Bonchev–Trinajstić information content (AvgIpc) is 2.61. The van der Waals surface area contributed by atoms with Gasteiger partial charge >= 0.3 is 0 Å². The lowest BCUT2D eigenvalue weighted by molar-refractivity contribution is 0.512. The number of nitrogens with zero attached hydrogens (tertiary/aromatic N) is 4. The summed E-state index contributed by atoms with van der Waals surface area (Å²) in [6, 6.07) is 1.57. The van der Waals surface area contributed by atoms with Crippen molar-refractivity contribution in [1.29, 1.82) is 0 Å². The average molecular weight is 216 g/mol. The molecule has 2 rings (SSSR count). The largest absolute Gasteiger partial charge is 0.367 e. The summed E-state index contributed by atoms with van der Waals surface area (Å²) in [5.41, 5.74) is 0. The van der Waals surface area contributed by atoms with Crippen molar-refractivity contribution in [2.75, 3.05) is 18.5 Å². The van der Waals surface area contributed by atoms with Crippen molar-refractivity contribution in [3.8, 4) is 0 Å². The number of anilines is 1. The molecule has 0 spiro atoms. The summed E-state index contributed by atoms with van der Waals surface area (Å²) in [6.45, 7) is -0.258. The highest BCUT2D eigenvalue weighted by Gasteiger charge is 2.04. The molecule has 1 N–H and O–H groups in total. The molecule has 5 nitrogen and oxygen atoms in total. The molecule has 2 aromatic heterocycles. The Labute approximate surface area is 83.9 Å². The summed E-state index contributed by atoms with van der Waals surface area (Å²) < 4.78 is 13.4. The molecule has 2 aromatic rings. The van der Waals surface area contributed by atoms with E-state index in [0.717, 1.165) is 0 Å². The molecular formula is C7H7ClFN5. The van der Waals surface area contributed by atoms with Crippen LogP contribution in [-0.2, 0) is 0 Å². The SMILES string of the molecule is FCCNc1cc(Cl)nc2ncnn12. The number of halogens is 2. The van der Waals surface area contributed by atoms with Crippen LogP contribution in [0.15, 0.2) is 12.4 Å². The molecule has 14 heavy (non-hydrogen) atoms. The van der Waals surface area contributed by atoms with Crippen LogP contribution in [0.25, 0.3) is 5.78 Å². The second-order valence-corrected chi connectivity index (χ2v) is 2.94. The van der Waals surface area contributed by atoms with Crippen LogP contribution in [-0.4, -0.2) is 32.8 Å². The quantitative estimate of drug-likeness (QED) is 0.781. The molecular weight excluding hydrogens is 209 g/mol. The number of rotatable bonds is 3. The van der Waals surface area contributed by atoms with Gasteiger partial charge in [-0.15, -0.1) is 0 Å². The topological polar surface area (TPSA) is 55.1 Å². The zero-order valence-electron chi connectivity index (χ0n) is 7.11. The zero-order valence-corrected chi connectivity index (χ0v) is 7.87. The smallest absolute Gasteiger partial charge is 0.255 e. The Bertz CT molecular complexity index is 443. The minimum absolute atomic E-state index is 0.204. The number of aromatic nitrogens is 4. The fourth-order valence-electron chi connectivity index (χ4n) is 1.08. The van der Waals surface area contributed by atoms with Gasteiger partial charge in [-0.1, -0.05) is 11.6 Å². The van der Waals surface area contributed by atoms with Crippen LogP contribution in [0.3, 0.4) is 0 Å². The number of hydrogen-bond acceptors (Lipinski definition) is 4. The van der Waals surface area contributed by atoms with Crippen molar-refractivity contribution in [2.45, 2.75) is 0 Å². The van der Waals surface area contributed by atoms with E-state index in [1.165, 1.54) is 10.8 Å². The van der Waals surface area contributed by atoms with Gasteiger partial charge in [-0.2, -0.15) is 19.6 Å². The van der Waals surface area contributed by atoms with E-state index in [1.807, 2.05) is 0 Å². The summed E-state index contributed by atoms with van der Waals surface area (Å²) in [5.74, 6) is 0.967. The molecule has 7 heteroatoms. The lowest BCUT2D eigenvalue weighted by atomic mass is 10.5. The van der Waals surface area contributed by atoms with Crippen LogP contribution in [0.5, 0.6) is 0 Å². The monoisotopic (exact) mass is 215 g/mol. The van der Waals surface area contributed by atoms with Crippen LogP contribution in [0, 0.1) is 0 Å². The van der Waals surface area contributed by atoms with Crippen LogP contribution in [0.1, 0.15) is 0 Å². The molecule has 0 aliphatic rings. The van der Waals surface area contributed by atoms with Gasteiger partial charge in [-0.3, -0.25) is 0 Å². The van der Waals surface area contributed by atoms with Crippen molar-refractivity contribution in [3.63, 3.8) is 0 Å². The Morgan fingerprint density at radius 2 is 2.43 bits per heavy atom. The Morgan fingerprint density at radius 3 is 3.21 bits per heavy atom. The van der Waals surface area contributed by atoms with Crippen molar-refractivity contribution < 1.29 is 4.39 Å². The Balaban J connectivity index is 2.44. The van der Waals surface area contributed by atoms with E-state index >= 15 is 0 Å². The fraction of sp³-hybridized carbons (Fsp3) is 0.286. The Hall–Kier alpha value is -1.43. The van der Waals surface area contributed by atoms with E-state index in [9.17, 15) is 4.39 Å². The first-order chi connectivity index (χ1) is 6.81. The second kappa shape index (κ2) is 3.75. The number of fused-ring (bicyclic) bond motifs is 1. The summed E-state index contributed by atoms with van der Waals surface area (Å²) in [7, 11) is 0. The van der Waals surface area contributed by atoms with Gasteiger partial charge in [0.05, 0.1) is 0 Å². The summed E-state index contributed by atoms with van der Waals surface area (Å²) >= 11 is 5.73. The molecule has 74 valence electrons. The maximum absolute atomic E-state index is 11.9. The van der Waals surface area contributed by atoms with Gasteiger partial charge < -0.3 is 5.32 Å². The van der Waals surface area contributed by atoms with Gasteiger partial charge in [0.2, 0.25) is 0 Å². The highest BCUT2D eigenvalue weighted by Crippen LogP contribution is 2.13. The molecule has 0 aromatic carbocycles. The molecule has 0 bridgehead atoms. The highest BCUT2D eigenvalue weighted by molar-refractivity contribution is 6.29. The molecule has 0 fully saturated rings. The van der Waals surface area contributed by atoms with Gasteiger partial charge in [-0.25, -0.2) is 4.39 Å². The molecule has 0 aliphatic heterocycles. The second-order valence-electron chi connectivity index (χ2n) is 2.55. The van der Waals surface area contributed by atoms with Crippen LogP contribution < -0.4 is 5.32 Å². The molecule has 0 radical (unpaired) electrons. The minimum atomic E-state index is -0.462. The number of alkyl halides is 1. The van der Waals surface area contributed by atoms with Crippen molar-refractivity contribution in [3.05, 3.63) is 17.5 Å². The van der Waals surface area contributed by atoms with E-state index in [-0.39, 0.29) is 6.54 Å². The van der Waals surface area contributed by atoms with Crippen LogP contribution in [0.4, 0.5) is 10.2 Å². The molecule has 0 atom stereocenters. The predicted octanol–water partition coefficient (Wildman–Crippen LogP) is 1.16. The third-order valence-electron chi connectivity index (χ3n) is 1.62. The molecule has 2 heterocycles. The van der Waals surface area contributed by atoms with E-state index in [0.29, 0.717) is 16.7 Å². The predicted molar refractivity (Wildman–Crippen MR) is 50.3 cm³/mol. The maximum Gasteiger partial charge on any atom is 0.255 e. The van der Waals surface area contributed by atoms with Gasteiger partial charge in [0.15, 0.2) is 0 Å². The van der Waals surface area contributed by atoms with Crippen LogP contribution >= 0.6 is 11.6 Å². The van der Waals surface area contributed by atoms with Gasteiger partial charge in [-0.05, 0) is 0 Å². The lowest BCUT2D eigenvalue weighted by Crippen LogP contribution is -2.08. The van der Waals surface area contributed by atoms with Crippen molar-refractivity contribution >= 4 is 23.2 Å². The van der Waals surface area contributed by atoms with E-state index < -0.39 is 6.67 Å². The third-order valence-corrected chi connectivity index (χ3v) is 1.81. The normalized spacial score (nSPS) is 10.7. The first-order valence-corrected chi connectivity index (χ1v) is 4.35. The molecule has 0 saturated carbocycles. The third kappa shape index (κ3) is 1.60. The summed E-state index contributed by atoms with van der Waals surface area (Å²) in [5, 5.41) is 7.04. The van der Waals surface area contributed by atoms with Crippen molar-refractivity contribution in [1.82, 2.24) is 19.6 Å². The van der Waals surface area contributed by atoms with E-state index in [1.54, 1.807) is 6.07 Å². The first-order valence-electron chi connectivity index (χ1n) is 3.97. The number of hydrogen-bond donors (Lipinski definition) is 1. The standard InChI is InChI=1S/C7H7ClFN5/c8-5-3-6(10-2-1-9)14-7(13-5)11-4-12-14/h3-4,10H,1-2H2. The van der Waals surface area contributed by atoms with Gasteiger partial charge in [0.25, 0.3) is 5.78 Å². The van der Waals surface area contributed by atoms with Gasteiger partial charge in [0, 0.05) is 12.6 Å². The van der Waals surface area contributed by atoms with E-state index in [4.69, 9.17) is 11.6 Å². The fourth-order valence-corrected chi connectivity index (χ4v) is 1.26. The maximum atomic E-state index is 11.9. The molecule has 0 aliphatic carbocycles. The zero-order chi connectivity index (χ0) is 9.97. The Kier molecular flexibility index (Phi) is 2.45. The Morgan fingerprint density at radius 1 is 1.57 bits per heavy atom. The summed E-state index contributed by atoms with van der Waals surface area (Å²) in [6.07, 6.45) is 1.36. The van der Waals surface area contributed by atoms with Crippen LogP contribution in [0.2, 0.25) is 5.15 Å². The molecule has 0 unspecified atom stereocenters. The molecule has 0 saturated heterocycles. The first kappa shape index (κ1) is 9.14. The van der Waals surface area contributed by atoms with Gasteiger partial charge in [0.1, 0.15) is 24.0 Å².